The van der Waals surface area contributed by atoms with Crippen molar-refractivity contribution in [3.05, 3.63) is 0 Å². The first-order chi connectivity index (χ1) is 6.47. The zero-order chi connectivity index (χ0) is 12.3. The summed E-state index contributed by atoms with van der Waals surface area (Å²) in [5.41, 5.74) is 0. The van der Waals surface area contributed by atoms with Crippen LogP contribution in [-0.2, 0) is 4.57 Å². The Morgan fingerprint density at radius 1 is 1.55 bits per heavy atom. The fourth-order valence-corrected chi connectivity index (χ4v) is 1.69. The molecule has 0 spiro atoms. The van der Waals surface area contributed by atoms with E-state index < -0.39 is 26.0 Å². The first kappa shape index (κ1) is 6.51. The summed E-state index contributed by atoms with van der Waals surface area (Å²) in [6.45, 7) is -2.47. The van der Waals surface area contributed by atoms with E-state index in [1.54, 1.807) is 0 Å². The van der Waals surface area contributed by atoms with Gasteiger partial charge in [0.25, 0.3) is 0 Å². The van der Waals surface area contributed by atoms with Crippen molar-refractivity contribution in [1.82, 2.24) is 10.2 Å². The minimum Gasteiger partial charge on any atom is -0.322 e. The van der Waals surface area contributed by atoms with Gasteiger partial charge in [0.1, 0.15) is 0 Å². The molecule has 0 aromatic carbocycles. The Kier molecular flexibility index (Phi) is 3.89. The second kappa shape index (κ2) is 6.57. The van der Waals surface area contributed by atoms with Crippen LogP contribution in [0.5, 0.6) is 0 Å². The smallest absolute Gasteiger partial charge is 0.322 e. The summed E-state index contributed by atoms with van der Waals surface area (Å²) < 4.78 is 39.8. The van der Waals surface area contributed by atoms with Crippen LogP contribution in [0, 0.1) is 0 Å². The van der Waals surface area contributed by atoms with E-state index in [9.17, 15) is 9.46 Å². The van der Waals surface area contributed by atoms with E-state index in [1.165, 1.54) is 0 Å². The Balaban J connectivity index is 4.27. The van der Waals surface area contributed by atoms with Gasteiger partial charge in [-0.25, -0.2) is 10.2 Å². The number of halogens is 2. The fourth-order valence-electron chi connectivity index (χ4n) is 0.314. The van der Waals surface area contributed by atoms with Crippen molar-refractivity contribution >= 4 is 39.5 Å². The summed E-state index contributed by atoms with van der Waals surface area (Å²) in [7, 11) is -4.10. The molecule has 3 N–H and O–H groups in total. The average Bonchev–Trinajstić information content (AvgIpc) is 1.98. The highest BCUT2D eigenvalue weighted by Crippen LogP contribution is 2.28. The normalized spacial score (nSPS) is 24.3. The molecule has 0 heterocycles. The van der Waals surface area contributed by atoms with Crippen molar-refractivity contribution < 1.29 is 14.9 Å². The third-order valence-corrected chi connectivity index (χ3v) is 2.27. The van der Waals surface area contributed by atoms with Crippen molar-refractivity contribution in [3.63, 3.8) is 0 Å². The van der Waals surface area contributed by atoms with Crippen LogP contribution >= 0.6 is 39.5 Å². The predicted octanol–water partition coefficient (Wildman–Crippen LogP) is 1.06. The van der Waals surface area contributed by atoms with E-state index >= 15 is 0 Å². The summed E-state index contributed by atoms with van der Waals surface area (Å²) >= 11 is 5.47. The second-order valence-corrected chi connectivity index (χ2v) is 4.28. The molecule has 1 atom stereocenters. The van der Waals surface area contributed by atoms with Gasteiger partial charge in [-0.3, -0.25) is 4.57 Å². The Hall–Kier alpha value is 1.07. The Morgan fingerprint density at radius 2 is 2.18 bits per heavy atom. The van der Waals surface area contributed by atoms with Gasteiger partial charge < -0.3 is 4.89 Å². The highest BCUT2D eigenvalue weighted by molar-refractivity contribution is 9.09. The fraction of sp³-hybridized carbons (Fsp3) is 1.00. The van der Waals surface area contributed by atoms with E-state index in [4.69, 9.17) is 5.48 Å². The van der Waals surface area contributed by atoms with Crippen LogP contribution in [-0.4, -0.2) is 28.5 Å². The zero-order valence-electron chi connectivity index (χ0n) is 9.47. The van der Waals surface area contributed by atoms with Crippen LogP contribution < -0.4 is 10.2 Å². The van der Waals surface area contributed by atoms with Crippen LogP contribution in [0.1, 0.15) is 5.48 Å². The molecule has 0 fully saturated rings. The summed E-state index contributed by atoms with van der Waals surface area (Å²) in [6, 6.07) is 0. The molecule has 0 aliphatic heterocycles. The van der Waals surface area contributed by atoms with E-state index in [2.05, 4.69) is 31.9 Å². The first-order valence-electron chi connectivity index (χ1n) is 4.60. The van der Waals surface area contributed by atoms with E-state index in [1.807, 2.05) is 10.2 Å². The number of hydrogen-bond donors (Lipinski definition) is 3. The van der Waals surface area contributed by atoms with E-state index in [-0.39, 0.29) is 5.33 Å². The predicted molar refractivity (Wildman–Crippen MR) is 53.4 cm³/mol. The molecule has 0 saturated carbocycles. The Morgan fingerprint density at radius 3 is 2.64 bits per heavy atom. The van der Waals surface area contributed by atoms with Crippen LogP contribution in [0.15, 0.2) is 0 Å². The van der Waals surface area contributed by atoms with Crippen LogP contribution in [0.3, 0.4) is 0 Å². The molecule has 1 unspecified atom stereocenters. The number of alkyl halides is 2. The number of hydrogen-bond acceptors (Lipinski definition) is 1. The summed E-state index contributed by atoms with van der Waals surface area (Å²) in [6.07, 6.45) is 0. The largest absolute Gasteiger partial charge is 0.338 e. The summed E-state index contributed by atoms with van der Waals surface area (Å²) in [5.74, 6) is 0. The van der Waals surface area contributed by atoms with E-state index in [0.717, 1.165) is 0 Å². The molecule has 0 radical (unpaired) electrons. The van der Waals surface area contributed by atoms with Gasteiger partial charge in [-0.15, -0.1) is 0 Å². The van der Waals surface area contributed by atoms with Gasteiger partial charge in [-0.1, -0.05) is 31.9 Å². The number of rotatable bonds is 6. The molecule has 0 aliphatic rings. The minimum absolute atomic E-state index is 0.159. The zero-order valence-corrected chi connectivity index (χ0v) is 9.54. The molecule has 0 saturated heterocycles. The molecule has 0 aromatic rings. The molecule has 0 bridgehead atoms. The quantitative estimate of drug-likeness (QED) is 0.507. The lowest BCUT2D eigenvalue weighted by atomic mass is 10.8. The molecule has 4 nitrogen and oxygen atoms in total. The van der Waals surface area contributed by atoms with Crippen molar-refractivity contribution in [2.45, 2.75) is 0 Å². The van der Waals surface area contributed by atoms with E-state index in [0.29, 0.717) is 0 Å². The van der Waals surface area contributed by atoms with Gasteiger partial charge in [0, 0.05) is 29.1 Å². The maximum Gasteiger partial charge on any atom is 0.338 e. The molecule has 7 heteroatoms. The van der Waals surface area contributed by atoms with Gasteiger partial charge in [-0.2, -0.15) is 0 Å². The second-order valence-electron chi connectivity index (χ2n) is 1.47. The molecule has 0 rings (SSSR count). The molecular formula is C4H11Br2N2O2P. The standard InChI is InChI=1S/C4H11Br2N2O2P/c5-1-3-7-11(9,10)8-4-2-6/h1-4H2,(H3,7,8,9,10)/i1D2,4D2. The third-order valence-electron chi connectivity index (χ3n) is 0.658. The highest BCUT2D eigenvalue weighted by atomic mass is 79.9. The lowest BCUT2D eigenvalue weighted by Crippen LogP contribution is -2.24. The molecule has 11 heavy (non-hydrogen) atoms. The van der Waals surface area contributed by atoms with Gasteiger partial charge in [-0.05, 0) is 0 Å². The third kappa shape index (κ3) is 7.43. The maximum absolute atomic E-state index is 11.3. The average molecular weight is 314 g/mol. The Labute approximate surface area is 88.6 Å². The van der Waals surface area contributed by atoms with Crippen LogP contribution in [0.2, 0.25) is 0 Å². The van der Waals surface area contributed by atoms with Crippen LogP contribution in [0.4, 0.5) is 0 Å². The topological polar surface area (TPSA) is 61.4 Å². The Bertz CT molecular complexity index is 262. The summed E-state index contributed by atoms with van der Waals surface area (Å²) in [5, 5.41) is 1.88. The lowest BCUT2D eigenvalue weighted by molar-refractivity contribution is 0.451. The van der Waals surface area contributed by atoms with Crippen molar-refractivity contribution in [2.24, 2.45) is 0 Å². The molecule has 0 amide bonds. The van der Waals surface area contributed by atoms with Crippen molar-refractivity contribution in [3.8, 4) is 0 Å². The molecule has 68 valence electrons. The maximum atomic E-state index is 11.3. The first-order valence-corrected chi connectivity index (χ1v) is 6.17. The lowest BCUT2D eigenvalue weighted by Gasteiger charge is -2.12. The minimum atomic E-state index is -4.10. The monoisotopic (exact) mass is 312 g/mol. The highest BCUT2D eigenvalue weighted by Gasteiger charge is 2.13. The number of nitrogens with one attached hydrogen (secondary N) is 2. The van der Waals surface area contributed by atoms with Gasteiger partial charge in [0.15, 0.2) is 0 Å². The summed E-state index contributed by atoms with van der Waals surface area (Å²) in [4.78, 5) is 9.23. The molecule has 0 aliphatic carbocycles. The van der Waals surface area contributed by atoms with Crippen molar-refractivity contribution in [2.75, 3.05) is 23.7 Å². The SMILES string of the molecule is [2H]C([2H])(Br)CNP(=O)(O)NC([2H])([2H])CBr. The van der Waals surface area contributed by atoms with Gasteiger partial charge >= 0.3 is 7.67 Å². The van der Waals surface area contributed by atoms with Gasteiger partial charge in [0.2, 0.25) is 0 Å². The van der Waals surface area contributed by atoms with Gasteiger partial charge in [0.05, 0.1) is 0 Å². The molecule has 0 aromatic heterocycles. The molecular weight excluding hydrogens is 299 g/mol. The van der Waals surface area contributed by atoms with Crippen LogP contribution in [0.25, 0.3) is 0 Å². The van der Waals surface area contributed by atoms with Crippen molar-refractivity contribution in [1.29, 1.82) is 0 Å².